The molecule has 0 N–H and O–H groups in total. The summed E-state index contributed by atoms with van der Waals surface area (Å²) in [5.74, 6) is -0.392. The Morgan fingerprint density at radius 3 is 2.58 bits per heavy atom. The molecule has 2 heterocycles. The maximum absolute atomic E-state index is 12.9. The van der Waals surface area contributed by atoms with Gasteiger partial charge in [-0.05, 0) is 0 Å². The fourth-order valence-corrected chi connectivity index (χ4v) is 7.02. The average Bonchev–Trinajstić information content (AvgIpc) is 3.34. The van der Waals surface area contributed by atoms with E-state index in [-0.39, 0.29) is 20.9 Å². The second-order valence-corrected chi connectivity index (χ2v) is 12.0. The first-order chi connectivity index (χ1) is 17.4. The molecular formula is C29H25N3O3Se. The summed E-state index contributed by atoms with van der Waals surface area (Å²) in [5, 5.41) is 12.2. The zero-order valence-electron chi connectivity index (χ0n) is 20.1. The maximum atomic E-state index is 12.9. The molecular weight excluding hydrogens is 517 g/mol. The topological polar surface area (TPSA) is 74.1 Å². The van der Waals surface area contributed by atoms with Crippen molar-refractivity contribution in [3.05, 3.63) is 95.3 Å². The Morgan fingerprint density at radius 2 is 1.72 bits per heavy atom. The number of Topliss-reactive ketones (excluding diaryl/α,β-unsaturated/α-hetero) is 2. The zero-order valence-corrected chi connectivity index (χ0v) is 21.8. The minimum absolute atomic E-state index is 0.0311. The minimum atomic E-state index is -0.536. The van der Waals surface area contributed by atoms with Crippen molar-refractivity contribution in [3.8, 4) is 0 Å². The van der Waals surface area contributed by atoms with Crippen LogP contribution >= 0.6 is 0 Å². The predicted octanol–water partition coefficient (Wildman–Crippen LogP) is 3.95. The third-order valence-electron chi connectivity index (χ3n) is 7.09. The van der Waals surface area contributed by atoms with Crippen LogP contribution in [0.1, 0.15) is 41.9 Å². The van der Waals surface area contributed by atoms with Crippen molar-refractivity contribution < 1.29 is 14.3 Å². The van der Waals surface area contributed by atoms with Gasteiger partial charge in [0, 0.05) is 0 Å². The van der Waals surface area contributed by atoms with E-state index in [4.69, 9.17) is 4.74 Å². The second-order valence-electron chi connectivity index (χ2n) is 9.82. The Balaban J connectivity index is 1.20. The van der Waals surface area contributed by atoms with Gasteiger partial charge < -0.3 is 0 Å². The van der Waals surface area contributed by atoms with Gasteiger partial charge in [-0.25, -0.2) is 0 Å². The van der Waals surface area contributed by atoms with Gasteiger partial charge in [0.15, 0.2) is 0 Å². The van der Waals surface area contributed by atoms with Gasteiger partial charge in [0.05, 0.1) is 0 Å². The molecule has 1 unspecified atom stereocenters. The first kappa shape index (κ1) is 22.9. The molecule has 36 heavy (non-hydrogen) atoms. The van der Waals surface area contributed by atoms with Gasteiger partial charge in [-0.2, -0.15) is 0 Å². The van der Waals surface area contributed by atoms with Crippen LogP contribution in [0.15, 0.2) is 78.5 Å². The van der Waals surface area contributed by atoms with Gasteiger partial charge in [0.2, 0.25) is 0 Å². The molecule has 1 aromatic heterocycles. The van der Waals surface area contributed by atoms with E-state index in [0.29, 0.717) is 35.4 Å². The summed E-state index contributed by atoms with van der Waals surface area (Å²) in [5.41, 5.74) is 2.02. The van der Waals surface area contributed by atoms with Crippen molar-refractivity contribution in [1.82, 2.24) is 15.0 Å². The van der Waals surface area contributed by atoms with Crippen LogP contribution in [0, 0.1) is 5.92 Å². The third kappa shape index (κ3) is 3.98. The summed E-state index contributed by atoms with van der Waals surface area (Å²) in [6.45, 7) is 4.63. The fraction of sp³-hybridized carbons (Fsp3) is 0.241. The monoisotopic (exact) mass is 543 g/mol. The Bertz CT molecular complexity index is 1550. The van der Waals surface area contributed by atoms with E-state index in [2.05, 4.69) is 52.8 Å². The quantitative estimate of drug-likeness (QED) is 0.282. The van der Waals surface area contributed by atoms with E-state index in [1.54, 1.807) is 12.1 Å². The number of ketones is 2. The number of allylic oxidation sites excluding steroid dienone is 1. The first-order valence-corrected chi connectivity index (χ1v) is 14.1. The number of benzene rings is 3. The number of hydrogen-bond acceptors (Lipinski definition) is 5. The molecule has 0 saturated carbocycles. The molecule has 6 nitrogen and oxygen atoms in total. The Kier molecular flexibility index (Phi) is 5.62. The fourth-order valence-electron chi connectivity index (χ4n) is 5.02. The Morgan fingerprint density at radius 1 is 0.972 bits per heavy atom. The molecule has 3 aromatic carbocycles. The van der Waals surface area contributed by atoms with Crippen molar-refractivity contribution in [2.75, 3.05) is 0 Å². The van der Waals surface area contributed by atoms with Crippen LogP contribution in [0.5, 0.6) is 0 Å². The van der Waals surface area contributed by atoms with Gasteiger partial charge in [0.25, 0.3) is 0 Å². The van der Waals surface area contributed by atoms with Gasteiger partial charge in [-0.3, -0.25) is 0 Å². The number of hydrogen-bond donors (Lipinski definition) is 0. The predicted molar refractivity (Wildman–Crippen MR) is 139 cm³/mol. The molecule has 1 aliphatic heterocycles. The molecule has 2 aliphatic rings. The molecule has 1 aliphatic carbocycles. The van der Waals surface area contributed by atoms with Crippen LogP contribution < -0.4 is 4.46 Å². The number of fused-ring (bicyclic) bond motifs is 3. The summed E-state index contributed by atoms with van der Waals surface area (Å²) in [6.07, 6.45) is 2.46. The van der Waals surface area contributed by atoms with E-state index in [1.807, 2.05) is 36.9 Å². The third-order valence-corrected chi connectivity index (χ3v) is 9.41. The number of rotatable bonds is 5. The van der Waals surface area contributed by atoms with Crippen LogP contribution in [-0.4, -0.2) is 47.1 Å². The summed E-state index contributed by atoms with van der Waals surface area (Å²) in [6, 6.07) is 22.1. The van der Waals surface area contributed by atoms with E-state index in [0.717, 1.165) is 11.0 Å². The van der Waals surface area contributed by atoms with Crippen LogP contribution in [0.3, 0.4) is 0 Å². The van der Waals surface area contributed by atoms with Gasteiger partial charge in [0.1, 0.15) is 0 Å². The van der Waals surface area contributed by atoms with E-state index < -0.39 is 17.2 Å². The number of ether oxygens (including phenoxy) is 1. The van der Waals surface area contributed by atoms with Crippen LogP contribution in [0.2, 0.25) is 0 Å². The molecule has 0 amide bonds. The second kappa shape index (κ2) is 8.84. The average molecular weight is 542 g/mol. The van der Waals surface area contributed by atoms with Crippen LogP contribution in [0.4, 0.5) is 0 Å². The Labute approximate surface area is 215 Å². The normalized spacial score (nSPS) is 18.7. The summed E-state index contributed by atoms with van der Waals surface area (Å²) >= 11 is 0.233. The molecule has 180 valence electrons. The number of aromatic nitrogens is 3. The van der Waals surface area contributed by atoms with Gasteiger partial charge in [-0.1, -0.05) is 6.07 Å². The van der Waals surface area contributed by atoms with E-state index in [1.165, 1.54) is 15.2 Å². The van der Waals surface area contributed by atoms with Crippen LogP contribution in [-0.2, 0) is 21.4 Å². The SMILES string of the molecule is CC1(C)OC2=C(CC1Cn1cc(C[Se]c3cccc4ccccc34)nn1)C(=O)C(=O)c1ccccc12. The van der Waals surface area contributed by atoms with Crippen molar-refractivity contribution in [2.45, 2.75) is 37.7 Å². The first-order valence-electron chi connectivity index (χ1n) is 12.0. The summed E-state index contributed by atoms with van der Waals surface area (Å²) in [7, 11) is 0. The standard InChI is InChI=1S/C29H25N3O3Se/c1-29(2)19(14-24-27(34)26(33)22-11-5-6-12-23(22)28(24)35-29)15-32-16-20(30-31-32)17-36-25-13-7-9-18-8-3-4-10-21(18)25/h3-13,16,19H,14-15,17H2,1-2H3. The molecule has 0 saturated heterocycles. The zero-order chi connectivity index (χ0) is 24.9. The molecule has 0 spiro atoms. The number of carbonyl (C=O) groups is 2. The summed E-state index contributed by atoms with van der Waals surface area (Å²) in [4.78, 5) is 25.6. The molecule has 7 heteroatoms. The molecule has 4 aromatic rings. The van der Waals surface area contributed by atoms with Crippen molar-refractivity contribution >= 4 is 47.5 Å². The van der Waals surface area contributed by atoms with E-state index in [9.17, 15) is 9.59 Å². The van der Waals surface area contributed by atoms with Gasteiger partial charge >= 0.3 is 210 Å². The molecule has 0 radical (unpaired) electrons. The van der Waals surface area contributed by atoms with Crippen molar-refractivity contribution in [1.29, 1.82) is 0 Å². The van der Waals surface area contributed by atoms with Crippen LogP contribution in [0.25, 0.3) is 16.5 Å². The molecule has 0 fully saturated rings. The molecule has 6 rings (SSSR count). The number of carbonyl (C=O) groups excluding carboxylic acids is 2. The molecule has 1 atom stereocenters. The number of nitrogens with zero attached hydrogens (tertiary/aromatic N) is 3. The van der Waals surface area contributed by atoms with E-state index >= 15 is 0 Å². The molecule has 0 bridgehead atoms. The Hall–Kier alpha value is -3.54. The summed E-state index contributed by atoms with van der Waals surface area (Å²) < 4.78 is 9.61. The van der Waals surface area contributed by atoms with Gasteiger partial charge in [-0.15, -0.1) is 0 Å². The van der Waals surface area contributed by atoms with Crippen molar-refractivity contribution in [2.24, 2.45) is 5.92 Å². The van der Waals surface area contributed by atoms with Crippen molar-refractivity contribution in [3.63, 3.8) is 0 Å².